The molecule has 0 amide bonds. The Balaban J connectivity index is 2.18. The van der Waals surface area contributed by atoms with Crippen LogP contribution in [0.2, 0.25) is 0 Å². The average Bonchev–Trinajstić information content (AvgIpc) is 2.47. The van der Waals surface area contributed by atoms with Gasteiger partial charge in [-0.05, 0) is 30.4 Å². The summed E-state index contributed by atoms with van der Waals surface area (Å²) in [7, 11) is 0. The molecule has 0 aliphatic carbocycles. The number of rotatable bonds is 6. The first-order valence-corrected chi connectivity index (χ1v) is 7.39. The first kappa shape index (κ1) is 15.2. The van der Waals surface area contributed by atoms with Gasteiger partial charge >= 0.3 is 0 Å². The standard InChI is InChI=1S/C16H23N5/c1-5-13-8-6-7-12(4)15(13)19-14-10-18-21-16(20-14)17-9-11(2)3/h6-8,10-11H,5,9H2,1-4H3,(H2,17,19,20,21). The van der Waals surface area contributed by atoms with Gasteiger partial charge in [-0.3, -0.25) is 0 Å². The van der Waals surface area contributed by atoms with Crippen molar-refractivity contribution in [3.8, 4) is 0 Å². The van der Waals surface area contributed by atoms with Gasteiger partial charge in [0.15, 0.2) is 5.82 Å². The van der Waals surface area contributed by atoms with E-state index in [1.807, 2.05) is 0 Å². The minimum absolute atomic E-state index is 0.535. The largest absolute Gasteiger partial charge is 0.353 e. The third kappa shape index (κ3) is 4.15. The van der Waals surface area contributed by atoms with Crippen molar-refractivity contribution >= 4 is 17.5 Å². The van der Waals surface area contributed by atoms with Gasteiger partial charge in [0, 0.05) is 12.2 Å². The van der Waals surface area contributed by atoms with Crippen LogP contribution in [0.1, 0.15) is 31.9 Å². The lowest BCUT2D eigenvalue weighted by molar-refractivity contribution is 0.682. The number of aromatic nitrogens is 3. The van der Waals surface area contributed by atoms with Gasteiger partial charge < -0.3 is 10.6 Å². The molecule has 2 N–H and O–H groups in total. The predicted molar refractivity (Wildman–Crippen MR) is 87.0 cm³/mol. The molecule has 1 aromatic heterocycles. The molecule has 112 valence electrons. The topological polar surface area (TPSA) is 62.7 Å². The molecule has 5 heteroatoms. The van der Waals surface area contributed by atoms with Gasteiger partial charge in [-0.2, -0.15) is 10.1 Å². The van der Waals surface area contributed by atoms with Gasteiger partial charge in [-0.1, -0.05) is 39.0 Å². The maximum atomic E-state index is 4.46. The van der Waals surface area contributed by atoms with E-state index in [0.717, 1.165) is 18.7 Å². The lowest BCUT2D eigenvalue weighted by Crippen LogP contribution is -2.12. The molecule has 0 radical (unpaired) electrons. The Bertz CT molecular complexity index is 595. The fourth-order valence-electron chi connectivity index (χ4n) is 2.06. The lowest BCUT2D eigenvalue weighted by atomic mass is 10.1. The van der Waals surface area contributed by atoms with E-state index in [0.29, 0.717) is 17.7 Å². The molecule has 21 heavy (non-hydrogen) atoms. The zero-order valence-corrected chi connectivity index (χ0v) is 13.1. The van der Waals surface area contributed by atoms with Crippen LogP contribution in [0.4, 0.5) is 17.5 Å². The monoisotopic (exact) mass is 285 g/mol. The lowest BCUT2D eigenvalue weighted by Gasteiger charge is -2.14. The van der Waals surface area contributed by atoms with Crippen molar-refractivity contribution in [1.29, 1.82) is 0 Å². The maximum Gasteiger partial charge on any atom is 0.244 e. The van der Waals surface area contributed by atoms with Gasteiger partial charge in [0.2, 0.25) is 5.95 Å². The Morgan fingerprint density at radius 1 is 1.24 bits per heavy atom. The molecule has 0 atom stereocenters. The second-order valence-electron chi connectivity index (χ2n) is 5.53. The van der Waals surface area contributed by atoms with Crippen LogP contribution in [0.15, 0.2) is 24.4 Å². The average molecular weight is 285 g/mol. The van der Waals surface area contributed by atoms with E-state index in [9.17, 15) is 0 Å². The van der Waals surface area contributed by atoms with E-state index >= 15 is 0 Å². The Hall–Kier alpha value is -2.17. The Morgan fingerprint density at radius 3 is 2.76 bits per heavy atom. The minimum Gasteiger partial charge on any atom is -0.353 e. The van der Waals surface area contributed by atoms with Gasteiger partial charge in [0.05, 0.1) is 6.20 Å². The van der Waals surface area contributed by atoms with Crippen LogP contribution in [0, 0.1) is 12.8 Å². The van der Waals surface area contributed by atoms with Crippen molar-refractivity contribution in [3.63, 3.8) is 0 Å². The van der Waals surface area contributed by atoms with Crippen LogP contribution in [0.3, 0.4) is 0 Å². The van der Waals surface area contributed by atoms with E-state index in [1.54, 1.807) is 6.20 Å². The number of nitrogens with one attached hydrogen (secondary N) is 2. The summed E-state index contributed by atoms with van der Waals surface area (Å²) in [5.41, 5.74) is 3.57. The Kier molecular flexibility index (Phi) is 5.09. The summed E-state index contributed by atoms with van der Waals surface area (Å²) in [5, 5.41) is 14.6. The first-order valence-electron chi connectivity index (χ1n) is 7.39. The van der Waals surface area contributed by atoms with E-state index in [2.05, 4.69) is 71.7 Å². The molecule has 0 fully saturated rings. The van der Waals surface area contributed by atoms with Crippen LogP contribution in [-0.4, -0.2) is 21.7 Å². The maximum absolute atomic E-state index is 4.46. The third-order valence-electron chi connectivity index (χ3n) is 3.22. The zero-order valence-electron chi connectivity index (χ0n) is 13.1. The first-order chi connectivity index (χ1) is 10.1. The predicted octanol–water partition coefficient (Wildman–Crippen LogP) is 3.55. The van der Waals surface area contributed by atoms with Gasteiger partial charge in [-0.15, -0.1) is 5.10 Å². The van der Waals surface area contributed by atoms with Crippen molar-refractivity contribution in [2.75, 3.05) is 17.2 Å². The summed E-state index contributed by atoms with van der Waals surface area (Å²) in [6, 6.07) is 6.29. The van der Waals surface area contributed by atoms with Gasteiger partial charge in [0.1, 0.15) is 0 Å². The number of aryl methyl sites for hydroxylation is 2. The fraction of sp³-hybridized carbons (Fsp3) is 0.438. The summed E-state index contributed by atoms with van der Waals surface area (Å²) in [6.07, 6.45) is 2.62. The second-order valence-corrected chi connectivity index (χ2v) is 5.53. The smallest absolute Gasteiger partial charge is 0.244 e. The number of nitrogens with zero attached hydrogens (tertiary/aromatic N) is 3. The van der Waals surface area contributed by atoms with Gasteiger partial charge in [-0.25, -0.2) is 0 Å². The van der Waals surface area contributed by atoms with Crippen LogP contribution in [0.25, 0.3) is 0 Å². The molecule has 0 bridgehead atoms. The van der Waals surface area contributed by atoms with Crippen molar-refractivity contribution < 1.29 is 0 Å². The van der Waals surface area contributed by atoms with Crippen molar-refractivity contribution in [2.45, 2.75) is 34.1 Å². The van der Waals surface area contributed by atoms with Crippen molar-refractivity contribution in [1.82, 2.24) is 15.2 Å². The van der Waals surface area contributed by atoms with Crippen LogP contribution >= 0.6 is 0 Å². The Labute approximate surface area is 126 Å². The third-order valence-corrected chi connectivity index (χ3v) is 3.22. The molecule has 2 aromatic rings. The Morgan fingerprint density at radius 2 is 2.05 bits per heavy atom. The molecule has 2 rings (SSSR count). The van der Waals surface area contributed by atoms with E-state index in [1.165, 1.54) is 11.1 Å². The molecule has 0 saturated heterocycles. The quantitative estimate of drug-likeness (QED) is 0.849. The summed E-state index contributed by atoms with van der Waals surface area (Å²) in [4.78, 5) is 4.46. The number of anilines is 3. The van der Waals surface area contributed by atoms with Crippen molar-refractivity contribution in [2.24, 2.45) is 5.92 Å². The molecular formula is C16H23N5. The van der Waals surface area contributed by atoms with E-state index in [-0.39, 0.29) is 0 Å². The van der Waals surface area contributed by atoms with Crippen LogP contribution in [0.5, 0.6) is 0 Å². The number of hydrogen-bond acceptors (Lipinski definition) is 5. The van der Waals surface area contributed by atoms with E-state index < -0.39 is 0 Å². The minimum atomic E-state index is 0.535. The highest BCUT2D eigenvalue weighted by Crippen LogP contribution is 2.24. The highest BCUT2D eigenvalue weighted by Gasteiger charge is 2.07. The zero-order chi connectivity index (χ0) is 15.2. The molecule has 0 spiro atoms. The number of benzene rings is 1. The van der Waals surface area contributed by atoms with Crippen LogP contribution < -0.4 is 10.6 Å². The summed E-state index contributed by atoms with van der Waals surface area (Å²) >= 11 is 0. The van der Waals surface area contributed by atoms with Gasteiger partial charge in [0.25, 0.3) is 0 Å². The summed E-state index contributed by atoms with van der Waals surface area (Å²) < 4.78 is 0. The summed E-state index contributed by atoms with van der Waals surface area (Å²) in [6.45, 7) is 9.35. The fourth-order valence-corrected chi connectivity index (χ4v) is 2.06. The number of para-hydroxylation sites is 1. The molecule has 0 unspecified atom stereocenters. The highest BCUT2D eigenvalue weighted by atomic mass is 15.3. The molecule has 1 heterocycles. The molecular weight excluding hydrogens is 262 g/mol. The molecule has 5 nitrogen and oxygen atoms in total. The molecule has 0 saturated carbocycles. The normalized spacial score (nSPS) is 10.7. The summed E-state index contributed by atoms with van der Waals surface area (Å²) in [5.74, 6) is 1.80. The molecule has 0 aliphatic rings. The van der Waals surface area contributed by atoms with Crippen LogP contribution in [-0.2, 0) is 6.42 Å². The molecule has 0 aliphatic heterocycles. The number of hydrogen-bond donors (Lipinski definition) is 2. The highest BCUT2D eigenvalue weighted by molar-refractivity contribution is 5.64. The second kappa shape index (κ2) is 7.02. The SMILES string of the molecule is CCc1cccc(C)c1Nc1cnnc(NCC(C)C)n1. The molecule has 1 aromatic carbocycles. The van der Waals surface area contributed by atoms with Crippen molar-refractivity contribution in [3.05, 3.63) is 35.5 Å². The van der Waals surface area contributed by atoms with E-state index in [4.69, 9.17) is 0 Å².